The van der Waals surface area contributed by atoms with Crippen molar-refractivity contribution in [2.24, 2.45) is 0 Å². The average molecular weight is 230 g/mol. The van der Waals surface area contributed by atoms with E-state index in [0.717, 1.165) is 0 Å². The van der Waals surface area contributed by atoms with E-state index in [1.807, 2.05) is 12.1 Å². The molecule has 3 N–H and O–H groups in total. The summed E-state index contributed by atoms with van der Waals surface area (Å²) in [5.41, 5.74) is 7.70. The lowest BCUT2D eigenvalue weighted by atomic mass is 10.0. The molecule has 0 aliphatic rings. The lowest BCUT2D eigenvalue weighted by molar-refractivity contribution is 0.220. The first-order valence-electron chi connectivity index (χ1n) is 5.24. The van der Waals surface area contributed by atoms with E-state index >= 15 is 0 Å². The fourth-order valence-electron chi connectivity index (χ4n) is 1.64. The van der Waals surface area contributed by atoms with Crippen molar-refractivity contribution in [3.8, 4) is 5.75 Å². The number of para-hydroxylation sites is 1. The van der Waals surface area contributed by atoms with Gasteiger partial charge >= 0.3 is 0 Å². The van der Waals surface area contributed by atoms with Crippen LogP contribution in [0.5, 0.6) is 5.75 Å². The number of benzene rings is 1. The minimum absolute atomic E-state index is 0.558. The Bertz CT molecular complexity index is 514. The molecule has 0 bridgehead atoms. The van der Waals surface area contributed by atoms with E-state index < -0.39 is 6.10 Å². The Morgan fingerprint density at radius 3 is 2.76 bits per heavy atom. The average Bonchev–Trinajstić information content (AvgIpc) is 2.38. The molecule has 1 unspecified atom stereocenters. The molecule has 0 aliphatic carbocycles. The monoisotopic (exact) mass is 230 g/mol. The van der Waals surface area contributed by atoms with E-state index in [0.29, 0.717) is 22.6 Å². The van der Waals surface area contributed by atoms with Gasteiger partial charge in [0, 0.05) is 23.0 Å². The Morgan fingerprint density at radius 1 is 1.29 bits per heavy atom. The second-order valence-electron chi connectivity index (χ2n) is 3.69. The van der Waals surface area contributed by atoms with E-state index in [4.69, 9.17) is 10.5 Å². The third-order valence-corrected chi connectivity index (χ3v) is 2.58. The molecule has 0 saturated heterocycles. The summed E-state index contributed by atoms with van der Waals surface area (Å²) in [7, 11) is 1.56. The zero-order valence-electron chi connectivity index (χ0n) is 9.50. The van der Waals surface area contributed by atoms with E-state index in [-0.39, 0.29) is 0 Å². The van der Waals surface area contributed by atoms with Gasteiger partial charge in [0.2, 0.25) is 0 Å². The third kappa shape index (κ3) is 2.37. The SMILES string of the molecule is COc1cncc(C(O)c2ccccc2N)c1. The molecule has 0 saturated carbocycles. The number of rotatable bonds is 3. The normalized spacial score (nSPS) is 12.1. The minimum Gasteiger partial charge on any atom is -0.495 e. The van der Waals surface area contributed by atoms with Crippen LogP contribution in [-0.4, -0.2) is 17.2 Å². The second-order valence-corrected chi connectivity index (χ2v) is 3.69. The fraction of sp³-hybridized carbons (Fsp3) is 0.154. The van der Waals surface area contributed by atoms with Gasteiger partial charge in [-0.05, 0) is 12.1 Å². The summed E-state index contributed by atoms with van der Waals surface area (Å²) in [6, 6.07) is 8.95. The molecule has 0 amide bonds. The number of nitrogens with zero attached hydrogens (tertiary/aromatic N) is 1. The molecule has 2 aromatic rings. The number of nitrogens with two attached hydrogens (primary N) is 1. The van der Waals surface area contributed by atoms with Crippen molar-refractivity contribution in [2.75, 3.05) is 12.8 Å². The van der Waals surface area contributed by atoms with Crippen LogP contribution in [0.25, 0.3) is 0 Å². The lowest BCUT2D eigenvalue weighted by Gasteiger charge is -2.13. The van der Waals surface area contributed by atoms with E-state index in [2.05, 4.69) is 4.98 Å². The van der Waals surface area contributed by atoms with Gasteiger partial charge in [0.05, 0.1) is 13.3 Å². The van der Waals surface area contributed by atoms with Gasteiger partial charge in [-0.3, -0.25) is 4.98 Å². The smallest absolute Gasteiger partial charge is 0.137 e. The summed E-state index contributed by atoms with van der Waals surface area (Å²) in [6.45, 7) is 0. The third-order valence-electron chi connectivity index (χ3n) is 2.58. The van der Waals surface area contributed by atoms with Crippen molar-refractivity contribution in [3.05, 3.63) is 53.9 Å². The number of aliphatic hydroxyl groups is 1. The minimum atomic E-state index is -0.793. The molecule has 4 nitrogen and oxygen atoms in total. The molecule has 1 atom stereocenters. The highest BCUT2D eigenvalue weighted by atomic mass is 16.5. The Balaban J connectivity index is 2.37. The number of aliphatic hydroxyl groups excluding tert-OH is 1. The molecule has 1 heterocycles. The largest absolute Gasteiger partial charge is 0.495 e. The number of aromatic nitrogens is 1. The Hall–Kier alpha value is -2.07. The second kappa shape index (κ2) is 4.84. The Morgan fingerprint density at radius 2 is 2.06 bits per heavy atom. The fourth-order valence-corrected chi connectivity index (χ4v) is 1.64. The molecule has 4 heteroatoms. The molecule has 88 valence electrons. The van der Waals surface area contributed by atoms with Gasteiger partial charge in [-0.15, -0.1) is 0 Å². The lowest BCUT2D eigenvalue weighted by Crippen LogP contribution is -2.04. The quantitative estimate of drug-likeness (QED) is 0.788. The molecule has 17 heavy (non-hydrogen) atoms. The maximum Gasteiger partial charge on any atom is 0.137 e. The molecular weight excluding hydrogens is 216 g/mol. The summed E-state index contributed by atoms with van der Waals surface area (Å²) in [6.07, 6.45) is 2.39. The van der Waals surface area contributed by atoms with Gasteiger partial charge in [-0.25, -0.2) is 0 Å². The summed E-state index contributed by atoms with van der Waals surface area (Å²) in [5.74, 6) is 0.607. The zero-order valence-corrected chi connectivity index (χ0v) is 9.50. The van der Waals surface area contributed by atoms with Crippen LogP contribution in [0.4, 0.5) is 5.69 Å². The van der Waals surface area contributed by atoms with Crippen molar-refractivity contribution < 1.29 is 9.84 Å². The summed E-state index contributed by atoms with van der Waals surface area (Å²) < 4.78 is 5.07. The highest BCUT2D eigenvalue weighted by Crippen LogP contribution is 2.27. The van der Waals surface area contributed by atoms with Crippen molar-refractivity contribution in [2.45, 2.75) is 6.10 Å². The number of hydrogen-bond donors (Lipinski definition) is 2. The zero-order chi connectivity index (χ0) is 12.3. The van der Waals surface area contributed by atoms with E-state index in [9.17, 15) is 5.11 Å². The van der Waals surface area contributed by atoms with Gasteiger partial charge in [0.25, 0.3) is 0 Å². The molecule has 0 radical (unpaired) electrons. The van der Waals surface area contributed by atoms with Crippen molar-refractivity contribution >= 4 is 5.69 Å². The highest BCUT2D eigenvalue weighted by molar-refractivity contribution is 5.50. The maximum absolute atomic E-state index is 10.2. The van der Waals surface area contributed by atoms with Crippen LogP contribution in [0.1, 0.15) is 17.2 Å². The van der Waals surface area contributed by atoms with Gasteiger partial charge in [-0.2, -0.15) is 0 Å². The number of hydrogen-bond acceptors (Lipinski definition) is 4. The van der Waals surface area contributed by atoms with E-state index in [1.165, 1.54) is 0 Å². The molecule has 0 fully saturated rings. The van der Waals surface area contributed by atoms with E-state index in [1.54, 1.807) is 37.7 Å². The standard InChI is InChI=1S/C13H14N2O2/c1-17-10-6-9(7-15-8-10)13(16)11-4-2-3-5-12(11)14/h2-8,13,16H,14H2,1H3. The number of nitrogen functional groups attached to an aromatic ring is 1. The highest BCUT2D eigenvalue weighted by Gasteiger charge is 2.13. The van der Waals surface area contributed by atoms with Gasteiger partial charge in [0.1, 0.15) is 11.9 Å². The molecule has 0 spiro atoms. The van der Waals surface area contributed by atoms with Crippen LogP contribution >= 0.6 is 0 Å². The topological polar surface area (TPSA) is 68.4 Å². The molecule has 1 aromatic carbocycles. The predicted octanol–water partition coefficient (Wildman–Crippen LogP) is 1.75. The van der Waals surface area contributed by atoms with Gasteiger partial charge in [-0.1, -0.05) is 18.2 Å². The number of ether oxygens (including phenoxy) is 1. The summed E-state index contributed by atoms with van der Waals surface area (Å²) >= 11 is 0. The van der Waals surface area contributed by atoms with Crippen molar-refractivity contribution in [3.63, 3.8) is 0 Å². The first kappa shape index (κ1) is 11.4. The molecular formula is C13H14N2O2. The van der Waals surface area contributed by atoms with Crippen LogP contribution in [0.2, 0.25) is 0 Å². The van der Waals surface area contributed by atoms with Crippen LogP contribution in [0, 0.1) is 0 Å². The number of methoxy groups -OCH3 is 1. The van der Waals surface area contributed by atoms with Crippen molar-refractivity contribution in [1.29, 1.82) is 0 Å². The Labute approximate surface area is 99.7 Å². The maximum atomic E-state index is 10.2. The van der Waals surface area contributed by atoms with Gasteiger partial charge < -0.3 is 15.6 Å². The first-order chi connectivity index (χ1) is 8.22. The summed E-state index contributed by atoms with van der Waals surface area (Å²) in [4.78, 5) is 4.01. The molecule has 2 rings (SSSR count). The number of anilines is 1. The first-order valence-corrected chi connectivity index (χ1v) is 5.24. The number of pyridine rings is 1. The van der Waals surface area contributed by atoms with Crippen LogP contribution in [0.15, 0.2) is 42.7 Å². The summed E-state index contributed by atoms with van der Waals surface area (Å²) in [5, 5.41) is 10.2. The molecule has 0 aliphatic heterocycles. The van der Waals surface area contributed by atoms with Crippen LogP contribution in [-0.2, 0) is 0 Å². The predicted molar refractivity (Wildman–Crippen MR) is 65.7 cm³/mol. The Kier molecular flexibility index (Phi) is 3.25. The van der Waals surface area contributed by atoms with Crippen molar-refractivity contribution in [1.82, 2.24) is 4.98 Å². The van der Waals surface area contributed by atoms with Crippen LogP contribution < -0.4 is 10.5 Å². The van der Waals surface area contributed by atoms with Crippen LogP contribution in [0.3, 0.4) is 0 Å². The molecule has 1 aromatic heterocycles. The van der Waals surface area contributed by atoms with Gasteiger partial charge in [0.15, 0.2) is 0 Å².